The molecule has 0 aromatic heterocycles. The number of hydrogen-bond acceptors (Lipinski definition) is 12. The standard InChI is InChI=1S/C24H29NO6.C24H35NO5Si/c1-5-22(27)25(15-19-11-13-21(29-3)14-12-19)24(18(2)26,23(28)30-4)17-31-16-20-9-7-6-8-10-20;1-19(30-31(4,5)6)24(23(26)28-3,18-29-17-21-10-8-7-9-11-21)25-16-20-12-14-22(27-2)15-13-20/h5-14,18,26H,1,15-17H2,2-4H3;7-15,19,25H,16-18H2,1-6H3/t18?,24-;19-,24+/m10/s1. The van der Waals surface area contributed by atoms with Gasteiger partial charge in [0.05, 0.1) is 67.1 Å². The summed E-state index contributed by atoms with van der Waals surface area (Å²) in [6, 6.07) is 34.0. The Labute approximate surface area is 368 Å². The van der Waals surface area contributed by atoms with Gasteiger partial charge in [0.25, 0.3) is 0 Å². The number of carbonyl (C=O) groups is 3. The summed E-state index contributed by atoms with van der Waals surface area (Å²) in [5.41, 5.74) is 0.752. The van der Waals surface area contributed by atoms with Crippen molar-refractivity contribution in [1.82, 2.24) is 10.2 Å². The Bertz CT molecular complexity index is 1960. The second-order valence-corrected chi connectivity index (χ2v) is 20.0. The van der Waals surface area contributed by atoms with E-state index in [0.717, 1.165) is 34.1 Å². The van der Waals surface area contributed by atoms with Crippen LogP contribution in [-0.2, 0) is 64.1 Å². The first-order valence-electron chi connectivity index (χ1n) is 20.3. The maximum absolute atomic E-state index is 13.1. The van der Waals surface area contributed by atoms with Crippen LogP contribution in [0.15, 0.2) is 122 Å². The lowest BCUT2D eigenvalue weighted by atomic mass is 9.90. The third kappa shape index (κ3) is 14.6. The molecule has 2 N–H and O–H groups in total. The van der Waals surface area contributed by atoms with Gasteiger partial charge in [-0.05, 0) is 86.1 Å². The average molecular weight is 873 g/mol. The molecule has 0 aliphatic rings. The zero-order chi connectivity index (χ0) is 45.8. The molecule has 4 atom stereocenters. The molecule has 0 saturated carbocycles. The highest BCUT2D eigenvalue weighted by Gasteiger charge is 2.52. The summed E-state index contributed by atoms with van der Waals surface area (Å²) in [4.78, 5) is 40.1. The minimum absolute atomic E-state index is 0.0313. The highest BCUT2D eigenvalue weighted by molar-refractivity contribution is 6.69. The Balaban J connectivity index is 0.000000330. The molecule has 62 heavy (non-hydrogen) atoms. The number of nitrogens with zero attached hydrogens (tertiary/aromatic N) is 1. The van der Waals surface area contributed by atoms with E-state index in [4.69, 9.17) is 32.8 Å². The van der Waals surface area contributed by atoms with Crippen LogP contribution >= 0.6 is 0 Å². The number of ether oxygens (including phenoxy) is 6. The Morgan fingerprint density at radius 1 is 0.694 bits per heavy atom. The molecule has 0 heterocycles. The lowest BCUT2D eigenvalue weighted by Crippen LogP contribution is -2.65. The number of aliphatic hydroxyl groups excluding tert-OH is 1. The number of benzene rings is 4. The van der Waals surface area contributed by atoms with Gasteiger partial charge in [0, 0.05) is 13.1 Å². The number of nitrogens with one attached hydrogen (secondary N) is 1. The van der Waals surface area contributed by atoms with Gasteiger partial charge in [-0.25, -0.2) is 9.59 Å². The third-order valence-corrected chi connectivity index (χ3v) is 11.1. The number of rotatable bonds is 23. The predicted molar refractivity (Wildman–Crippen MR) is 241 cm³/mol. The third-order valence-electron chi connectivity index (χ3n) is 10.1. The quantitative estimate of drug-likeness (QED) is 0.0455. The van der Waals surface area contributed by atoms with Crippen LogP contribution in [0.1, 0.15) is 36.1 Å². The first-order chi connectivity index (χ1) is 29.6. The fourth-order valence-electron chi connectivity index (χ4n) is 6.61. The number of aliphatic hydroxyl groups is 1. The van der Waals surface area contributed by atoms with Crippen LogP contribution in [0.2, 0.25) is 19.6 Å². The molecule has 4 rings (SSSR count). The van der Waals surface area contributed by atoms with Crippen LogP contribution in [0.4, 0.5) is 0 Å². The van der Waals surface area contributed by atoms with Crippen LogP contribution in [0.5, 0.6) is 11.5 Å². The Morgan fingerprint density at radius 3 is 1.58 bits per heavy atom. The van der Waals surface area contributed by atoms with E-state index in [2.05, 4.69) is 31.5 Å². The first-order valence-corrected chi connectivity index (χ1v) is 23.7. The summed E-state index contributed by atoms with van der Waals surface area (Å²) in [7, 11) is 3.86. The lowest BCUT2D eigenvalue weighted by Gasteiger charge is -2.42. The van der Waals surface area contributed by atoms with Crippen LogP contribution in [0, 0.1) is 0 Å². The van der Waals surface area contributed by atoms with Gasteiger partial charge in [0.2, 0.25) is 5.91 Å². The molecule has 0 fully saturated rings. The van der Waals surface area contributed by atoms with Crippen molar-refractivity contribution in [2.75, 3.05) is 41.7 Å². The van der Waals surface area contributed by atoms with Gasteiger partial charge in [0.1, 0.15) is 11.5 Å². The zero-order valence-electron chi connectivity index (χ0n) is 37.6. The molecule has 0 bridgehead atoms. The fraction of sp³-hybridized carbons (Fsp3) is 0.396. The van der Waals surface area contributed by atoms with E-state index in [1.165, 1.54) is 26.0 Å². The van der Waals surface area contributed by atoms with Crippen molar-refractivity contribution < 1.29 is 52.3 Å². The van der Waals surface area contributed by atoms with E-state index in [1.807, 2.05) is 91.9 Å². The Morgan fingerprint density at radius 2 is 1.16 bits per heavy atom. The minimum Gasteiger partial charge on any atom is -0.497 e. The molecule has 336 valence electrons. The van der Waals surface area contributed by atoms with Gasteiger partial charge in [-0.3, -0.25) is 10.1 Å². The number of amides is 1. The van der Waals surface area contributed by atoms with E-state index < -0.39 is 49.4 Å². The van der Waals surface area contributed by atoms with E-state index in [1.54, 1.807) is 38.5 Å². The highest BCUT2D eigenvalue weighted by Crippen LogP contribution is 2.28. The topological polar surface area (TPSA) is 151 Å². The van der Waals surface area contributed by atoms with Gasteiger partial charge in [-0.15, -0.1) is 0 Å². The number of hydrogen-bond donors (Lipinski definition) is 2. The van der Waals surface area contributed by atoms with Crippen molar-refractivity contribution in [3.05, 3.63) is 144 Å². The van der Waals surface area contributed by atoms with Crippen LogP contribution < -0.4 is 14.8 Å². The van der Waals surface area contributed by atoms with Gasteiger partial charge >= 0.3 is 11.9 Å². The molecule has 0 saturated heterocycles. The molecule has 13 nitrogen and oxygen atoms in total. The van der Waals surface area contributed by atoms with Crippen molar-refractivity contribution in [3.8, 4) is 11.5 Å². The molecule has 0 spiro atoms. The SMILES string of the molecule is C=CC(=O)N(Cc1ccc(OC)cc1)[C@@](COCc1ccccc1)(C(=O)OC)C(C)O.COC(=O)[C@](COCc1ccccc1)(NCc1ccc(OC)cc1)[C@H](C)O[Si](C)(C)C. The molecule has 0 radical (unpaired) electrons. The maximum Gasteiger partial charge on any atom is 0.336 e. The molecule has 1 amide bonds. The van der Waals surface area contributed by atoms with Crippen molar-refractivity contribution in [2.45, 2.75) is 83.1 Å². The van der Waals surface area contributed by atoms with Crippen LogP contribution in [-0.4, -0.2) is 101 Å². The second-order valence-electron chi connectivity index (χ2n) is 15.6. The summed E-state index contributed by atoms with van der Waals surface area (Å²) in [6.07, 6.45) is -0.626. The van der Waals surface area contributed by atoms with E-state index >= 15 is 0 Å². The van der Waals surface area contributed by atoms with E-state index in [-0.39, 0.29) is 26.4 Å². The van der Waals surface area contributed by atoms with Gasteiger partial charge in [-0.2, -0.15) is 0 Å². The van der Waals surface area contributed by atoms with Gasteiger partial charge in [0.15, 0.2) is 19.4 Å². The fourth-order valence-corrected chi connectivity index (χ4v) is 7.87. The molecule has 4 aromatic carbocycles. The van der Waals surface area contributed by atoms with Crippen molar-refractivity contribution in [1.29, 1.82) is 0 Å². The number of methoxy groups -OCH3 is 4. The normalized spacial score (nSPS) is 14.0. The summed E-state index contributed by atoms with van der Waals surface area (Å²) in [5.74, 6) is -0.277. The lowest BCUT2D eigenvalue weighted by molar-refractivity contribution is -0.177. The summed E-state index contributed by atoms with van der Waals surface area (Å²) in [6.45, 7) is 14.1. The highest BCUT2D eigenvalue weighted by atomic mass is 28.4. The molecule has 0 aliphatic heterocycles. The summed E-state index contributed by atoms with van der Waals surface area (Å²) >= 11 is 0. The predicted octanol–water partition coefficient (Wildman–Crippen LogP) is 6.87. The molecule has 14 heteroatoms. The molecule has 4 aromatic rings. The van der Waals surface area contributed by atoms with Crippen molar-refractivity contribution in [3.63, 3.8) is 0 Å². The maximum atomic E-state index is 13.1. The molecule has 0 aliphatic carbocycles. The largest absolute Gasteiger partial charge is 0.497 e. The zero-order valence-corrected chi connectivity index (χ0v) is 38.6. The van der Waals surface area contributed by atoms with Crippen molar-refractivity contribution >= 4 is 26.2 Å². The monoisotopic (exact) mass is 872 g/mol. The average Bonchev–Trinajstić information content (AvgIpc) is 3.28. The Kier molecular flexibility index (Phi) is 20.5. The summed E-state index contributed by atoms with van der Waals surface area (Å²) in [5, 5.41) is 14.1. The molecular formula is C48H64N2O11Si. The van der Waals surface area contributed by atoms with Crippen molar-refractivity contribution in [2.24, 2.45) is 0 Å². The summed E-state index contributed by atoms with van der Waals surface area (Å²) < 4.78 is 38.8. The molecule has 1 unspecified atom stereocenters. The number of carbonyl (C=O) groups excluding carboxylic acids is 3. The molecular weight excluding hydrogens is 809 g/mol. The van der Waals surface area contributed by atoms with Gasteiger partial charge < -0.3 is 42.9 Å². The van der Waals surface area contributed by atoms with Crippen LogP contribution in [0.3, 0.4) is 0 Å². The minimum atomic E-state index is -1.93. The van der Waals surface area contributed by atoms with E-state index in [0.29, 0.717) is 18.9 Å². The smallest absolute Gasteiger partial charge is 0.336 e. The Hall–Kier alpha value is -5.35. The van der Waals surface area contributed by atoms with Crippen LogP contribution in [0.25, 0.3) is 0 Å². The first kappa shape index (κ1) is 51.0. The van der Waals surface area contributed by atoms with E-state index in [9.17, 15) is 19.5 Å². The number of esters is 2. The second kappa shape index (κ2) is 24.9. The van der Waals surface area contributed by atoms with Gasteiger partial charge in [-0.1, -0.05) is 91.5 Å².